The van der Waals surface area contributed by atoms with Crippen molar-refractivity contribution in [2.24, 2.45) is 0 Å². The number of nitrogens with one attached hydrogen (secondary N) is 1. The van der Waals surface area contributed by atoms with Crippen molar-refractivity contribution in [2.45, 2.75) is 13.8 Å². The first-order valence-corrected chi connectivity index (χ1v) is 12.3. The Morgan fingerprint density at radius 1 is 1.11 bits per heavy atom. The molecule has 9 nitrogen and oxygen atoms in total. The van der Waals surface area contributed by atoms with Crippen molar-refractivity contribution in [3.8, 4) is 27.8 Å². The first kappa shape index (κ1) is 23.7. The Balaban J connectivity index is 1.54. The molecule has 0 unspecified atom stereocenters. The Morgan fingerprint density at radius 3 is 2.53 bits per heavy atom. The predicted octanol–water partition coefficient (Wildman–Crippen LogP) is 4.51. The van der Waals surface area contributed by atoms with Crippen LogP contribution in [-0.2, 0) is 9.59 Å². The lowest BCUT2D eigenvalue weighted by atomic mass is 10.1. The largest absolute Gasteiger partial charge is 0.492 e. The van der Waals surface area contributed by atoms with Gasteiger partial charge in [-0.15, -0.1) is 11.3 Å². The zero-order valence-corrected chi connectivity index (χ0v) is 21.2. The van der Waals surface area contributed by atoms with Gasteiger partial charge in [0.05, 0.1) is 10.3 Å². The van der Waals surface area contributed by atoms with E-state index < -0.39 is 11.8 Å². The van der Waals surface area contributed by atoms with Gasteiger partial charge < -0.3 is 14.1 Å². The number of fused-ring (bicyclic) bond motifs is 1. The van der Waals surface area contributed by atoms with Gasteiger partial charge in [-0.1, -0.05) is 6.07 Å². The zero-order chi connectivity index (χ0) is 25.4. The van der Waals surface area contributed by atoms with Gasteiger partial charge in [0.2, 0.25) is 5.71 Å². The summed E-state index contributed by atoms with van der Waals surface area (Å²) in [7, 11) is 4.00. The molecule has 5 rings (SSSR count). The van der Waals surface area contributed by atoms with Gasteiger partial charge in [0.1, 0.15) is 18.1 Å². The zero-order valence-electron chi connectivity index (χ0n) is 20.4. The van der Waals surface area contributed by atoms with Crippen LogP contribution in [0.25, 0.3) is 33.1 Å². The van der Waals surface area contributed by atoms with E-state index >= 15 is 0 Å². The summed E-state index contributed by atoms with van der Waals surface area (Å²) in [5.41, 5.74) is 5.26. The predicted molar refractivity (Wildman–Crippen MR) is 139 cm³/mol. The molecule has 1 N–H and O–H groups in total. The molecule has 0 atom stereocenters. The Hall–Kier alpha value is -4.02. The van der Waals surface area contributed by atoms with E-state index in [1.54, 1.807) is 6.92 Å². The average Bonchev–Trinajstić information content (AvgIpc) is 3.55. The maximum atomic E-state index is 12.5. The van der Waals surface area contributed by atoms with Crippen LogP contribution in [0, 0.1) is 6.92 Å². The number of anilines is 1. The van der Waals surface area contributed by atoms with Gasteiger partial charge in [0.25, 0.3) is 11.8 Å². The third kappa shape index (κ3) is 4.48. The van der Waals surface area contributed by atoms with Crippen LogP contribution in [0.2, 0.25) is 0 Å². The van der Waals surface area contributed by atoms with Gasteiger partial charge in [-0.2, -0.15) is 9.99 Å². The minimum atomic E-state index is -0.451. The van der Waals surface area contributed by atoms with E-state index in [2.05, 4.69) is 20.3 Å². The van der Waals surface area contributed by atoms with Crippen molar-refractivity contribution in [1.82, 2.24) is 19.9 Å². The van der Waals surface area contributed by atoms with Crippen LogP contribution in [0.4, 0.5) is 5.82 Å². The highest BCUT2D eigenvalue weighted by atomic mass is 32.1. The number of thiophene rings is 1. The second-order valence-electron chi connectivity index (χ2n) is 8.70. The molecular weight excluding hydrogens is 478 g/mol. The quantitative estimate of drug-likeness (QED) is 0.351. The third-order valence-electron chi connectivity index (χ3n) is 5.77. The first-order chi connectivity index (χ1) is 17.3. The van der Waals surface area contributed by atoms with Crippen LogP contribution >= 0.6 is 11.3 Å². The molecule has 0 spiro atoms. The fourth-order valence-electron chi connectivity index (χ4n) is 3.86. The number of hydrogen-bond donors (Lipinski definition) is 1. The molecule has 0 radical (unpaired) electrons. The summed E-state index contributed by atoms with van der Waals surface area (Å²) in [6, 6.07) is 11.5. The molecule has 1 aliphatic heterocycles. The van der Waals surface area contributed by atoms with Gasteiger partial charge in [-0.05, 0) is 63.7 Å². The van der Waals surface area contributed by atoms with Gasteiger partial charge in [-0.25, -0.2) is 4.98 Å². The lowest BCUT2D eigenvalue weighted by molar-refractivity contribution is -0.135. The van der Waals surface area contributed by atoms with E-state index in [0.717, 1.165) is 33.3 Å². The number of hydrogen-bond acceptors (Lipinski definition) is 9. The fourth-order valence-corrected chi connectivity index (χ4v) is 4.52. The number of amides is 2. The van der Waals surface area contributed by atoms with Crippen molar-refractivity contribution in [3.63, 3.8) is 0 Å². The van der Waals surface area contributed by atoms with E-state index in [9.17, 15) is 9.59 Å². The SMILES string of the molecule is CC1=CC(=O)N(Nc2nc(-c3cccs3)nc3oc(-c4ccc(OCCN(C)C)cc4)c(C)c23)C1=O. The summed E-state index contributed by atoms with van der Waals surface area (Å²) in [5, 5.41) is 3.49. The summed E-state index contributed by atoms with van der Waals surface area (Å²) in [4.78, 5) is 37.1. The van der Waals surface area contributed by atoms with E-state index in [-0.39, 0.29) is 0 Å². The molecule has 3 aromatic heterocycles. The normalized spacial score (nSPS) is 13.7. The molecule has 1 aromatic carbocycles. The number of hydrazine groups is 1. The summed E-state index contributed by atoms with van der Waals surface area (Å²) < 4.78 is 12.0. The second kappa shape index (κ2) is 9.56. The Bertz CT molecular complexity index is 1470. The molecule has 36 heavy (non-hydrogen) atoms. The number of furan rings is 1. The van der Waals surface area contributed by atoms with Gasteiger partial charge in [0.15, 0.2) is 11.6 Å². The minimum absolute atomic E-state index is 0.323. The number of carbonyl (C=O) groups is 2. The van der Waals surface area contributed by atoms with Crippen molar-refractivity contribution < 1.29 is 18.7 Å². The van der Waals surface area contributed by atoms with Crippen LogP contribution in [0.1, 0.15) is 12.5 Å². The number of benzene rings is 1. The maximum Gasteiger partial charge on any atom is 0.275 e. The Labute approximate surface area is 212 Å². The molecule has 0 saturated carbocycles. The minimum Gasteiger partial charge on any atom is -0.492 e. The van der Waals surface area contributed by atoms with Crippen molar-refractivity contribution in [2.75, 3.05) is 32.7 Å². The van der Waals surface area contributed by atoms with Gasteiger partial charge in [-0.3, -0.25) is 15.0 Å². The smallest absolute Gasteiger partial charge is 0.275 e. The highest BCUT2D eigenvalue weighted by Gasteiger charge is 2.31. The van der Waals surface area contributed by atoms with Crippen molar-refractivity contribution in [1.29, 1.82) is 0 Å². The van der Waals surface area contributed by atoms with Crippen molar-refractivity contribution >= 4 is 40.1 Å². The molecule has 0 bridgehead atoms. The monoisotopic (exact) mass is 503 g/mol. The highest BCUT2D eigenvalue weighted by molar-refractivity contribution is 7.13. The molecule has 1 aliphatic rings. The second-order valence-corrected chi connectivity index (χ2v) is 9.65. The topological polar surface area (TPSA) is 101 Å². The average molecular weight is 504 g/mol. The van der Waals surface area contributed by atoms with E-state index in [1.807, 2.05) is 62.8 Å². The van der Waals surface area contributed by atoms with E-state index in [1.165, 1.54) is 17.4 Å². The summed E-state index contributed by atoms with van der Waals surface area (Å²) >= 11 is 1.49. The fraction of sp³-hybridized carbons (Fsp3) is 0.231. The van der Waals surface area contributed by atoms with E-state index in [4.69, 9.17) is 9.15 Å². The summed E-state index contributed by atoms with van der Waals surface area (Å²) in [6.07, 6.45) is 1.30. The number of likely N-dealkylation sites (N-methyl/N-ethyl adjacent to an activating group) is 1. The number of aromatic nitrogens is 2. The number of rotatable bonds is 8. The first-order valence-electron chi connectivity index (χ1n) is 11.4. The Morgan fingerprint density at radius 2 is 1.89 bits per heavy atom. The third-order valence-corrected chi connectivity index (χ3v) is 6.64. The van der Waals surface area contributed by atoms with Gasteiger partial charge in [0, 0.05) is 29.3 Å². The lowest BCUT2D eigenvalue weighted by Crippen LogP contribution is -2.36. The maximum absolute atomic E-state index is 12.5. The van der Waals surface area contributed by atoms with Gasteiger partial charge >= 0.3 is 0 Å². The number of ether oxygens (including phenoxy) is 1. The number of imide groups is 1. The summed E-state index contributed by atoms with van der Waals surface area (Å²) in [6.45, 7) is 4.92. The van der Waals surface area contributed by atoms with E-state index in [0.29, 0.717) is 40.7 Å². The molecule has 10 heteroatoms. The number of nitrogens with zero attached hydrogens (tertiary/aromatic N) is 4. The Kier molecular flexibility index (Phi) is 6.29. The standard InChI is InChI=1S/C26H25N5O4S/c1-15-14-20(32)31(26(15)33)29-24-21-16(2)22(17-7-9-18(10-8-17)34-12-11-30(3)4)35-25(21)28-23(27-24)19-6-5-13-36-19/h5-10,13-14H,11-12H2,1-4H3,(H,27,28,29). The number of aryl methyl sites for hydroxylation is 1. The summed E-state index contributed by atoms with van der Waals surface area (Å²) in [5.74, 6) is 1.28. The van der Waals surface area contributed by atoms with Crippen molar-refractivity contribution in [3.05, 3.63) is 59.0 Å². The van der Waals surface area contributed by atoms with Crippen LogP contribution in [0.15, 0.2) is 57.8 Å². The molecule has 4 aromatic rings. The van der Waals surface area contributed by atoms with Crippen LogP contribution in [0.3, 0.4) is 0 Å². The lowest BCUT2D eigenvalue weighted by Gasteiger charge is -2.17. The molecular formula is C26H25N5O4S. The molecule has 184 valence electrons. The molecule has 0 saturated heterocycles. The molecule has 4 heterocycles. The van der Waals surface area contributed by atoms with Crippen LogP contribution in [0.5, 0.6) is 5.75 Å². The molecule has 2 amide bonds. The molecule has 0 aliphatic carbocycles. The van der Waals surface area contributed by atoms with Crippen LogP contribution in [-0.4, -0.2) is 58.9 Å². The molecule has 0 fully saturated rings. The number of carbonyl (C=O) groups excluding carboxylic acids is 2. The highest BCUT2D eigenvalue weighted by Crippen LogP contribution is 2.38. The van der Waals surface area contributed by atoms with Crippen LogP contribution < -0.4 is 10.2 Å².